The standard InChI is InChI=1S/C18H18N2O2/c1-2-3-4-9-16(17(19)21)20-18(22)15-11-10-13-7-5-6-8-14(13)12-15/h1,5-8,10-12,16H,3-4,9H2,(H2,19,21)(H,20,22)/t16-/m0/s1. The molecule has 0 bridgehead atoms. The highest BCUT2D eigenvalue weighted by Crippen LogP contribution is 2.15. The number of carbonyl (C=O) groups excluding carboxylic acids is 2. The van der Waals surface area contributed by atoms with Crippen molar-refractivity contribution in [2.24, 2.45) is 5.73 Å². The average molecular weight is 294 g/mol. The average Bonchev–Trinajstić information content (AvgIpc) is 2.53. The lowest BCUT2D eigenvalue weighted by atomic mass is 10.1. The largest absolute Gasteiger partial charge is 0.368 e. The number of nitrogens with one attached hydrogen (secondary N) is 1. The fraction of sp³-hybridized carbons (Fsp3) is 0.222. The zero-order chi connectivity index (χ0) is 15.9. The minimum atomic E-state index is -0.702. The van der Waals surface area contributed by atoms with Crippen LogP contribution in [0, 0.1) is 12.3 Å². The van der Waals surface area contributed by atoms with Crippen molar-refractivity contribution in [3.63, 3.8) is 0 Å². The van der Waals surface area contributed by atoms with Crippen LogP contribution in [-0.2, 0) is 4.79 Å². The molecule has 2 aromatic rings. The minimum absolute atomic E-state index is 0.310. The molecular formula is C18H18N2O2. The molecule has 0 aromatic heterocycles. The first-order chi connectivity index (χ1) is 10.6. The number of terminal acetylenes is 1. The van der Waals surface area contributed by atoms with Gasteiger partial charge in [0.1, 0.15) is 6.04 Å². The maximum absolute atomic E-state index is 12.3. The first kappa shape index (κ1) is 15.6. The van der Waals surface area contributed by atoms with E-state index in [-0.39, 0.29) is 5.91 Å². The lowest BCUT2D eigenvalue weighted by Gasteiger charge is -2.15. The molecule has 0 heterocycles. The van der Waals surface area contributed by atoms with Crippen LogP contribution in [0.3, 0.4) is 0 Å². The number of benzene rings is 2. The molecule has 0 aliphatic heterocycles. The molecule has 0 aliphatic rings. The Morgan fingerprint density at radius 3 is 2.59 bits per heavy atom. The SMILES string of the molecule is C#CCCC[C@H](NC(=O)c1ccc2ccccc2c1)C(N)=O. The number of hydrogen-bond acceptors (Lipinski definition) is 2. The quantitative estimate of drug-likeness (QED) is 0.633. The second-order valence-corrected chi connectivity index (χ2v) is 5.09. The minimum Gasteiger partial charge on any atom is -0.368 e. The zero-order valence-electron chi connectivity index (χ0n) is 12.2. The van der Waals surface area contributed by atoms with Gasteiger partial charge in [0.15, 0.2) is 0 Å². The van der Waals surface area contributed by atoms with Crippen LogP contribution in [0.5, 0.6) is 0 Å². The molecular weight excluding hydrogens is 276 g/mol. The number of hydrogen-bond donors (Lipinski definition) is 2. The summed E-state index contributed by atoms with van der Waals surface area (Å²) >= 11 is 0. The lowest BCUT2D eigenvalue weighted by Crippen LogP contribution is -2.44. The summed E-state index contributed by atoms with van der Waals surface area (Å²) in [6, 6.07) is 12.5. The van der Waals surface area contributed by atoms with Crippen LogP contribution in [0.1, 0.15) is 29.6 Å². The van der Waals surface area contributed by atoms with Crippen LogP contribution < -0.4 is 11.1 Å². The summed E-state index contributed by atoms with van der Waals surface area (Å²) in [6.45, 7) is 0. The maximum Gasteiger partial charge on any atom is 0.251 e. The van der Waals surface area contributed by atoms with E-state index in [4.69, 9.17) is 12.2 Å². The summed E-state index contributed by atoms with van der Waals surface area (Å²) in [7, 11) is 0. The summed E-state index contributed by atoms with van der Waals surface area (Å²) in [5.74, 6) is 1.64. The van der Waals surface area contributed by atoms with Gasteiger partial charge in [0.2, 0.25) is 5.91 Å². The number of primary amides is 1. The third kappa shape index (κ3) is 3.86. The third-order valence-electron chi connectivity index (χ3n) is 3.47. The van der Waals surface area contributed by atoms with Crippen LogP contribution in [0.4, 0.5) is 0 Å². The fourth-order valence-corrected chi connectivity index (χ4v) is 2.27. The second-order valence-electron chi connectivity index (χ2n) is 5.09. The van der Waals surface area contributed by atoms with Crippen molar-refractivity contribution in [2.45, 2.75) is 25.3 Å². The smallest absolute Gasteiger partial charge is 0.251 e. The van der Waals surface area contributed by atoms with Crippen molar-refractivity contribution in [3.05, 3.63) is 48.0 Å². The van der Waals surface area contributed by atoms with Gasteiger partial charge in [-0.2, -0.15) is 0 Å². The van der Waals surface area contributed by atoms with Crippen LogP contribution in [0.25, 0.3) is 10.8 Å². The summed E-state index contributed by atoms with van der Waals surface area (Å²) in [5, 5.41) is 4.70. The third-order valence-corrected chi connectivity index (χ3v) is 3.47. The zero-order valence-corrected chi connectivity index (χ0v) is 12.2. The van der Waals surface area contributed by atoms with Gasteiger partial charge < -0.3 is 11.1 Å². The van der Waals surface area contributed by atoms with E-state index in [9.17, 15) is 9.59 Å². The van der Waals surface area contributed by atoms with E-state index in [1.807, 2.05) is 30.3 Å². The van der Waals surface area contributed by atoms with Gasteiger partial charge in [-0.3, -0.25) is 9.59 Å². The Bertz CT molecular complexity index is 731. The van der Waals surface area contributed by atoms with Crippen LogP contribution in [0.2, 0.25) is 0 Å². The van der Waals surface area contributed by atoms with E-state index in [0.717, 1.165) is 10.8 Å². The van der Waals surface area contributed by atoms with Crippen LogP contribution in [-0.4, -0.2) is 17.9 Å². The molecule has 0 spiro atoms. The molecule has 4 nitrogen and oxygen atoms in total. The summed E-state index contributed by atoms with van der Waals surface area (Å²) < 4.78 is 0. The molecule has 0 radical (unpaired) electrons. The molecule has 3 N–H and O–H groups in total. The summed E-state index contributed by atoms with van der Waals surface area (Å²) in [5.41, 5.74) is 5.83. The molecule has 0 aliphatic carbocycles. The highest BCUT2D eigenvalue weighted by Gasteiger charge is 2.18. The van der Waals surface area contributed by atoms with Gasteiger partial charge in [-0.15, -0.1) is 12.3 Å². The molecule has 0 saturated heterocycles. The number of amides is 2. The van der Waals surface area contributed by atoms with Crippen molar-refractivity contribution >= 4 is 22.6 Å². The van der Waals surface area contributed by atoms with E-state index in [0.29, 0.717) is 24.8 Å². The van der Waals surface area contributed by atoms with Crippen molar-refractivity contribution in [3.8, 4) is 12.3 Å². The molecule has 2 rings (SSSR count). The second kappa shape index (κ2) is 7.28. The van der Waals surface area contributed by atoms with E-state index < -0.39 is 11.9 Å². The number of unbranched alkanes of at least 4 members (excludes halogenated alkanes) is 1. The summed E-state index contributed by atoms with van der Waals surface area (Å²) in [4.78, 5) is 23.7. The first-order valence-electron chi connectivity index (χ1n) is 7.14. The monoisotopic (exact) mass is 294 g/mol. The molecule has 2 aromatic carbocycles. The Morgan fingerprint density at radius 1 is 1.18 bits per heavy atom. The number of rotatable bonds is 6. The predicted molar refractivity (Wildman–Crippen MR) is 87.1 cm³/mol. The summed E-state index contributed by atoms with van der Waals surface area (Å²) in [6.07, 6.45) is 6.82. The normalized spacial score (nSPS) is 11.6. The Balaban J connectivity index is 2.11. The van der Waals surface area contributed by atoms with E-state index >= 15 is 0 Å². The van der Waals surface area contributed by atoms with E-state index in [2.05, 4.69) is 11.2 Å². The Labute approximate surface area is 129 Å². The molecule has 0 saturated carbocycles. The number of fused-ring (bicyclic) bond motifs is 1. The predicted octanol–water partition coefficient (Wildman–Crippen LogP) is 2.23. The van der Waals surface area contributed by atoms with Crippen molar-refractivity contribution in [1.82, 2.24) is 5.32 Å². The van der Waals surface area contributed by atoms with Crippen molar-refractivity contribution in [1.29, 1.82) is 0 Å². The Hall–Kier alpha value is -2.80. The highest BCUT2D eigenvalue weighted by atomic mass is 16.2. The number of nitrogens with two attached hydrogens (primary N) is 1. The van der Waals surface area contributed by atoms with Gasteiger partial charge in [-0.1, -0.05) is 30.3 Å². The fourth-order valence-electron chi connectivity index (χ4n) is 2.27. The van der Waals surface area contributed by atoms with E-state index in [1.165, 1.54) is 0 Å². The number of carbonyl (C=O) groups is 2. The van der Waals surface area contributed by atoms with E-state index in [1.54, 1.807) is 12.1 Å². The Morgan fingerprint density at radius 2 is 1.91 bits per heavy atom. The molecule has 0 fully saturated rings. The van der Waals surface area contributed by atoms with Gasteiger partial charge in [-0.25, -0.2) is 0 Å². The lowest BCUT2D eigenvalue weighted by molar-refractivity contribution is -0.120. The molecule has 0 unspecified atom stereocenters. The van der Waals surface area contributed by atoms with Gasteiger partial charge in [0.25, 0.3) is 5.91 Å². The topological polar surface area (TPSA) is 72.2 Å². The highest BCUT2D eigenvalue weighted by molar-refractivity contribution is 6.00. The van der Waals surface area contributed by atoms with Gasteiger partial charge in [0.05, 0.1) is 0 Å². The van der Waals surface area contributed by atoms with Crippen molar-refractivity contribution in [2.75, 3.05) is 0 Å². The van der Waals surface area contributed by atoms with Crippen LogP contribution in [0.15, 0.2) is 42.5 Å². The van der Waals surface area contributed by atoms with Gasteiger partial charge >= 0.3 is 0 Å². The van der Waals surface area contributed by atoms with Gasteiger partial charge in [-0.05, 0) is 35.7 Å². The maximum atomic E-state index is 12.3. The molecule has 4 heteroatoms. The molecule has 22 heavy (non-hydrogen) atoms. The Kier molecular flexibility index (Phi) is 5.16. The van der Waals surface area contributed by atoms with Crippen LogP contribution >= 0.6 is 0 Å². The van der Waals surface area contributed by atoms with Crippen molar-refractivity contribution < 1.29 is 9.59 Å². The molecule has 1 atom stereocenters. The molecule has 112 valence electrons. The van der Waals surface area contributed by atoms with Gasteiger partial charge in [0, 0.05) is 12.0 Å². The molecule has 2 amide bonds. The first-order valence-corrected chi connectivity index (χ1v) is 7.14.